The molecule has 274 valence electrons. The molecular weight excluding hydrogens is 577 g/mol. The first-order valence-corrected chi connectivity index (χ1v) is 22.2. The Morgan fingerprint density at radius 1 is 0.438 bits per heavy atom. The molecule has 14 unspecified atom stereocenters. The average molecular weight is 659 g/mol. The lowest BCUT2D eigenvalue weighted by Crippen LogP contribution is -2.39. The van der Waals surface area contributed by atoms with Gasteiger partial charge in [-0.25, -0.2) is 0 Å². The standard InChI is InChI=1S/C14H22.C13H22.C12H22.C9H16/c1-14(2)7-10-6-11(14)13-9-4-3-8(5-9)12(10)13;1-12(2)7-9-8-13(12,3)11-6-4-5-10(9)11;1-10(2)8-9-6-7-12(10,5)11(9,3)4;1-9(2)6-7-3-4-8(9)5-7/h8-13H,3-7H2,1-2H3;9-11H,4-8H2,1-3H3;9H,6-8H2,1-5H3;7-8H,3-6H2,1-2H3. The number of fused-ring (bicyclic) bond motifs is 18. The topological polar surface area (TPSA) is 0 Å². The molecule has 11 rings (SSSR count). The SMILES string of the molecule is CC1(C)CC2CC1(C)C1CCCC21.CC1(C)CC2CC1C1C3CCC(C3)C21.CC1(C)CC2CCC1(C)C2(C)C.CC1(C)CC2CCC1C2. The van der Waals surface area contributed by atoms with E-state index in [1.54, 1.807) is 57.8 Å². The molecule has 0 heterocycles. The summed E-state index contributed by atoms with van der Waals surface area (Å²) in [5, 5.41) is 0. The molecule has 0 aliphatic heterocycles. The summed E-state index contributed by atoms with van der Waals surface area (Å²) in [7, 11) is 0. The molecule has 0 aromatic rings. The monoisotopic (exact) mass is 659 g/mol. The molecule has 11 fully saturated rings. The van der Waals surface area contributed by atoms with Gasteiger partial charge in [0.2, 0.25) is 0 Å². The van der Waals surface area contributed by atoms with Crippen LogP contribution in [0.5, 0.6) is 0 Å². The smallest absolute Gasteiger partial charge is 0.0220 e. The molecule has 0 N–H and O–H groups in total. The minimum Gasteiger partial charge on any atom is -0.0596 e. The van der Waals surface area contributed by atoms with Crippen LogP contribution in [0.15, 0.2) is 0 Å². The third kappa shape index (κ3) is 4.89. The molecule has 14 atom stereocenters. The fourth-order valence-corrected chi connectivity index (χ4v) is 18.2. The third-order valence-corrected chi connectivity index (χ3v) is 21.5. The van der Waals surface area contributed by atoms with Crippen LogP contribution in [0.2, 0.25) is 0 Å². The van der Waals surface area contributed by atoms with Crippen LogP contribution in [-0.4, -0.2) is 0 Å². The Kier molecular flexibility index (Phi) is 8.05. The van der Waals surface area contributed by atoms with E-state index in [0.29, 0.717) is 37.9 Å². The first-order valence-electron chi connectivity index (χ1n) is 22.2. The summed E-state index contributed by atoms with van der Waals surface area (Å²) in [5.41, 5.74) is 4.54. The summed E-state index contributed by atoms with van der Waals surface area (Å²) >= 11 is 0. The number of hydrogen-bond donors (Lipinski definition) is 0. The van der Waals surface area contributed by atoms with E-state index >= 15 is 0 Å². The van der Waals surface area contributed by atoms with Gasteiger partial charge in [-0.15, -0.1) is 0 Å². The van der Waals surface area contributed by atoms with Gasteiger partial charge in [-0.3, -0.25) is 0 Å². The Hall–Kier alpha value is 0. The van der Waals surface area contributed by atoms with Crippen LogP contribution in [0.25, 0.3) is 0 Å². The zero-order valence-electron chi connectivity index (χ0n) is 34.4. The van der Waals surface area contributed by atoms with Crippen molar-refractivity contribution < 1.29 is 0 Å². The molecule has 0 saturated heterocycles. The Labute approximate surface area is 300 Å². The fraction of sp³-hybridized carbons (Fsp3) is 1.00. The van der Waals surface area contributed by atoms with Crippen LogP contribution in [-0.2, 0) is 0 Å². The second-order valence-corrected chi connectivity index (χ2v) is 24.9. The molecule has 0 heteroatoms. The average Bonchev–Trinajstić information content (AvgIpc) is 3.82. The van der Waals surface area contributed by atoms with Gasteiger partial charge in [0.05, 0.1) is 0 Å². The van der Waals surface area contributed by atoms with E-state index in [0.717, 1.165) is 47.3 Å². The summed E-state index contributed by atoms with van der Waals surface area (Å²) in [5.74, 6) is 13.5. The second kappa shape index (κ2) is 11.0. The normalized spacial score (nSPS) is 54.2. The minimum atomic E-state index is 0.583. The van der Waals surface area contributed by atoms with Crippen molar-refractivity contribution in [1.82, 2.24) is 0 Å². The van der Waals surface area contributed by atoms with Crippen molar-refractivity contribution in [2.45, 2.75) is 192 Å². The molecule has 0 radical (unpaired) electrons. The molecule has 10 bridgehead atoms. The van der Waals surface area contributed by atoms with E-state index in [1.807, 2.05) is 0 Å². The van der Waals surface area contributed by atoms with E-state index in [4.69, 9.17) is 0 Å². The van der Waals surface area contributed by atoms with E-state index < -0.39 is 0 Å². The first-order chi connectivity index (χ1) is 22.2. The van der Waals surface area contributed by atoms with Gasteiger partial charge in [-0.2, -0.15) is 0 Å². The predicted molar refractivity (Wildman–Crippen MR) is 205 cm³/mol. The van der Waals surface area contributed by atoms with Gasteiger partial charge >= 0.3 is 0 Å². The summed E-state index contributed by atoms with van der Waals surface area (Å²) in [6.45, 7) is 30.0. The molecule has 11 saturated carbocycles. The quantitative estimate of drug-likeness (QED) is 0.227. The predicted octanol–water partition coefficient (Wildman–Crippen LogP) is 14.3. The van der Waals surface area contributed by atoms with Gasteiger partial charge in [0, 0.05) is 0 Å². The van der Waals surface area contributed by atoms with Gasteiger partial charge in [-0.05, 0) is 205 Å². The largest absolute Gasteiger partial charge is 0.0596 e. The fourth-order valence-electron chi connectivity index (χ4n) is 18.2. The maximum Gasteiger partial charge on any atom is -0.0220 e. The lowest BCUT2D eigenvalue weighted by molar-refractivity contribution is 0.0287. The maximum atomic E-state index is 2.59. The van der Waals surface area contributed by atoms with Gasteiger partial charge < -0.3 is 0 Å². The highest BCUT2D eigenvalue weighted by molar-refractivity contribution is 5.15. The van der Waals surface area contributed by atoms with Gasteiger partial charge in [0.15, 0.2) is 0 Å². The van der Waals surface area contributed by atoms with E-state index in [-0.39, 0.29) is 0 Å². The van der Waals surface area contributed by atoms with Crippen LogP contribution < -0.4 is 0 Å². The molecule has 48 heavy (non-hydrogen) atoms. The minimum absolute atomic E-state index is 0.583. The molecule has 0 aromatic heterocycles. The van der Waals surface area contributed by atoms with Gasteiger partial charge in [0.1, 0.15) is 0 Å². The number of hydrogen-bond acceptors (Lipinski definition) is 0. The van der Waals surface area contributed by atoms with Crippen molar-refractivity contribution in [2.75, 3.05) is 0 Å². The molecule has 0 spiro atoms. The van der Waals surface area contributed by atoms with E-state index in [2.05, 4.69) is 83.1 Å². The Morgan fingerprint density at radius 3 is 1.67 bits per heavy atom. The lowest BCUT2D eigenvalue weighted by atomic mass is 9.59. The van der Waals surface area contributed by atoms with Crippen LogP contribution in [0, 0.1) is 109 Å². The zero-order chi connectivity index (χ0) is 34.4. The van der Waals surface area contributed by atoms with Crippen LogP contribution >= 0.6 is 0 Å². The van der Waals surface area contributed by atoms with Crippen molar-refractivity contribution in [1.29, 1.82) is 0 Å². The molecule has 11 aliphatic rings. The van der Waals surface area contributed by atoms with Crippen LogP contribution in [0.1, 0.15) is 192 Å². The van der Waals surface area contributed by atoms with Crippen molar-refractivity contribution in [3.05, 3.63) is 0 Å². The van der Waals surface area contributed by atoms with Gasteiger partial charge in [-0.1, -0.05) is 95.9 Å². The molecule has 0 aromatic carbocycles. The maximum absolute atomic E-state index is 2.59. The third-order valence-electron chi connectivity index (χ3n) is 21.5. The summed E-state index contributed by atoms with van der Waals surface area (Å²) in [4.78, 5) is 0. The second-order valence-electron chi connectivity index (χ2n) is 24.9. The summed E-state index contributed by atoms with van der Waals surface area (Å²) in [6, 6.07) is 0. The van der Waals surface area contributed by atoms with Crippen LogP contribution in [0.3, 0.4) is 0 Å². The Bertz CT molecular complexity index is 1230. The van der Waals surface area contributed by atoms with Crippen molar-refractivity contribution >= 4 is 0 Å². The molecule has 0 nitrogen and oxygen atoms in total. The Morgan fingerprint density at radius 2 is 1.15 bits per heavy atom. The molecular formula is C48H82. The Balaban J connectivity index is 0.0000000945. The molecule has 11 aliphatic carbocycles. The van der Waals surface area contributed by atoms with Gasteiger partial charge in [0.25, 0.3) is 0 Å². The summed E-state index contributed by atoms with van der Waals surface area (Å²) in [6.07, 6.45) is 26.2. The van der Waals surface area contributed by atoms with Crippen molar-refractivity contribution in [3.63, 3.8) is 0 Å². The van der Waals surface area contributed by atoms with Crippen molar-refractivity contribution in [2.24, 2.45) is 109 Å². The van der Waals surface area contributed by atoms with Crippen molar-refractivity contribution in [3.8, 4) is 0 Å². The van der Waals surface area contributed by atoms with Crippen LogP contribution in [0.4, 0.5) is 0 Å². The highest BCUT2D eigenvalue weighted by atomic mass is 14.7. The lowest BCUT2D eigenvalue weighted by Gasteiger charge is -2.46. The molecule has 0 amide bonds. The van der Waals surface area contributed by atoms with E-state index in [1.165, 1.54) is 75.0 Å². The van der Waals surface area contributed by atoms with E-state index in [9.17, 15) is 0 Å². The highest BCUT2D eigenvalue weighted by Gasteiger charge is 2.66. The number of rotatable bonds is 0. The first kappa shape index (κ1) is 35.1. The highest BCUT2D eigenvalue weighted by Crippen LogP contribution is 2.74. The zero-order valence-corrected chi connectivity index (χ0v) is 34.4. The summed E-state index contributed by atoms with van der Waals surface area (Å²) < 4.78 is 0.